The molecule has 1 aromatic rings. The molecule has 58 valence electrons. The summed E-state index contributed by atoms with van der Waals surface area (Å²) in [7, 11) is 0. The van der Waals surface area contributed by atoms with E-state index in [9.17, 15) is 4.79 Å². The third kappa shape index (κ3) is 2.04. The third-order valence-electron chi connectivity index (χ3n) is 1.53. The molecule has 0 fully saturated rings. The van der Waals surface area contributed by atoms with E-state index in [1.54, 1.807) is 6.08 Å². The van der Waals surface area contributed by atoms with Crippen molar-refractivity contribution >= 4 is 12.4 Å². The molecule has 0 bridgehead atoms. The highest BCUT2D eigenvalue weighted by molar-refractivity contribution is 5.56. The number of carbonyl (C=O) groups excluding carboxylic acids is 1. The summed E-state index contributed by atoms with van der Waals surface area (Å²) in [5, 5.41) is 0. The minimum absolute atomic E-state index is 0. The molecule has 1 rings (SSSR count). The van der Waals surface area contributed by atoms with Gasteiger partial charge in [-0.25, -0.2) is 0 Å². The number of hydrogen-bond acceptors (Lipinski definition) is 1. The number of benzene rings is 1. The van der Waals surface area contributed by atoms with Gasteiger partial charge >= 0.3 is 0 Å². The van der Waals surface area contributed by atoms with Gasteiger partial charge in [-0.3, -0.25) is 0 Å². The second kappa shape index (κ2) is 3.71. The van der Waals surface area contributed by atoms with Gasteiger partial charge in [-0.15, -0.1) is 0 Å². The van der Waals surface area contributed by atoms with Crippen molar-refractivity contribution < 1.29 is 6.22 Å². The van der Waals surface area contributed by atoms with Crippen LogP contribution < -0.4 is 0 Å². The fourth-order valence-corrected chi connectivity index (χ4v) is 0.886. The van der Waals surface area contributed by atoms with Crippen LogP contribution in [0.1, 0.15) is 12.6 Å². The molecule has 0 spiro atoms. The lowest BCUT2D eigenvalue weighted by atomic mass is 10.1. The Balaban J connectivity index is 0.00000121. The van der Waals surface area contributed by atoms with Gasteiger partial charge in [-0.2, -0.15) is 0 Å². The van der Waals surface area contributed by atoms with E-state index in [0.717, 1.165) is 17.4 Å². The van der Waals surface area contributed by atoms with Gasteiger partial charge < -0.3 is 4.79 Å². The molecule has 1 nitrogen and oxygen atoms in total. The summed E-state index contributed by atoms with van der Waals surface area (Å²) in [4.78, 5) is 10.1. The molecule has 1 heteroatoms. The first kappa shape index (κ1) is 7.73. The predicted molar refractivity (Wildman–Crippen MR) is 48.4 cm³/mol. The topological polar surface area (TPSA) is 17.1 Å². The van der Waals surface area contributed by atoms with Crippen molar-refractivity contribution in [1.29, 1.82) is 0 Å². The Morgan fingerprint density at radius 1 is 1.36 bits per heavy atom. The van der Waals surface area contributed by atoms with Crippen LogP contribution in [0.5, 0.6) is 0 Å². The molecule has 0 aliphatic carbocycles. The van der Waals surface area contributed by atoms with Gasteiger partial charge in [0.05, 0.1) is 0 Å². The fourth-order valence-electron chi connectivity index (χ4n) is 0.886. The molecule has 0 saturated carbocycles. The summed E-state index contributed by atoms with van der Waals surface area (Å²) in [5.41, 5.74) is 2.13. The maximum atomic E-state index is 10.1. The van der Waals surface area contributed by atoms with Gasteiger partial charge in [0.25, 0.3) is 0 Å². The molecule has 11 heavy (non-hydrogen) atoms. The fraction of sp³-hybridized carbons (Fsp3) is 0.100. The van der Waals surface area contributed by atoms with Gasteiger partial charge in [0.15, 0.2) is 0 Å². The van der Waals surface area contributed by atoms with E-state index in [2.05, 4.69) is 6.58 Å². The van der Waals surface area contributed by atoms with Crippen LogP contribution in [0.4, 0.5) is 0 Å². The Morgan fingerprint density at radius 3 is 2.45 bits per heavy atom. The SMILES string of the molecule is C=Cc1ccc(CC=O)cc1.[HH]. The molecule has 0 saturated heterocycles. The highest BCUT2D eigenvalue weighted by Crippen LogP contribution is 2.04. The molecule has 0 heterocycles. The number of aldehydes is 1. The first-order chi connectivity index (χ1) is 5.36. The van der Waals surface area contributed by atoms with Crippen LogP contribution in [0.25, 0.3) is 6.08 Å². The van der Waals surface area contributed by atoms with E-state index in [-0.39, 0.29) is 1.43 Å². The number of rotatable bonds is 3. The second-order valence-electron chi connectivity index (χ2n) is 2.32. The lowest BCUT2D eigenvalue weighted by Crippen LogP contribution is -1.84. The molecule has 0 atom stereocenters. The van der Waals surface area contributed by atoms with E-state index in [1.165, 1.54) is 0 Å². The molecule has 0 aliphatic rings. The van der Waals surface area contributed by atoms with Crippen LogP contribution >= 0.6 is 0 Å². The molecule has 0 N–H and O–H groups in total. The van der Waals surface area contributed by atoms with E-state index in [1.807, 2.05) is 24.3 Å². The lowest BCUT2D eigenvalue weighted by molar-refractivity contribution is -0.107. The summed E-state index contributed by atoms with van der Waals surface area (Å²) in [5.74, 6) is 0. The van der Waals surface area contributed by atoms with Crippen LogP contribution in [-0.2, 0) is 11.2 Å². The number of carbonyl (C=O) groups is 1. The molecule has 0 aliphatic heterocycles. The minimum atomic E-state index is 0. The second-order valence-corrected chi connectivity index (χ2v) is 2.32. The Hall–Kier alpha value is -1.37. The van der Waals surface area contributed by atoms with Crippen molar-refractivity contribution in [1.82, 2.24) is 0 Å². The minimum Gasteiger partial charge on any atom is -0.303 e. The van der Waals surface area contributed by atoms with Gasteiger partial charge in [-0.05, 0) is 11.1 Å². The monoisotopic (exact) mass is 148 g/mol. The zero-order valence-electron chi connectivity index (χ0n) is 6.29. The quantitative estimate of drug-likeness (QED) is 0.601. The van der Waals surface area contributed by atoms with E-state index in [4.69, 9.17) is 0 Å². The molecule has 0 amide bonds. The summed E-state index contributed by atoms with van der Waals surface area (Å²) in [6.45, 7) is 3.64. The predicted octanol–water partition coefficient (Wildman–Crippen LogP) is 2.32. The standard InChI is InChI=1S/C10H10O.H2/c1-2-9-3-5-10(6-4-9)7-8-11;/h2-6,8H,1,7H2;1H. The molecule has 0 radical (unpaired) electrons. The average molecular weight is 148 g/mol. The van der Waals surface area contributed by atoms with Crippen molar-refractivity contribution in [3.63, 3.8) is 0 Å². The van der Waals surface area contributed by atoms with Gasteiger partial charge in [-0.1, -0.05) is 36.9 Å². The van der Waals surface area contributed by atoms with Crippen molar-refractivity contribution in [2.24, 2.45) is 0 Å². The maximum absolute atomic E-state index is 10.1. The van der Waals surface area contributed by atoms with E-state index in [0.29, 0.717) is 6.42 Å². The van der Waals surface area contributed by atoms with Crippen LogP contribution in [-0.4, -0.2) is 6.29 Å². The van der Waals surface area contributed by atoms with Crippen LogP contribution in [0, 0.1) is 0 Å². The third-order valence-corrected chi connectivity index (χ3v) is 1.53. The average Bonchev–Trinajstić information content (AvgIpc) is 2.07. The Bertz CT molecular complexity index is 251. The summed E-state index contributed by atoms with van der Waals surface area (Å²) >= 11 is 0. The first-order valence-electron chi connectivity index (χ1n) is 3.52. The normalized spacial score (nSPS) is 9.09. The molecule has 0 aromatic heterocycles. The highest BCUT2D eigenvalue weighted by atomic mass is 16.1. The van der Waals surface area contributed by atoms with Crippen molar-refractivity contribution in [3.05, 3.63) is 42.0 Å². The van der Waals surface area contributed by atoms with Gasteiger partial charge in [0.1, 0.15) is 6.29 Å². The first-order valence-corrected chi connectivity index (χ1v) is 3.52. The summed E-state index contributed by atoms with van der Waals surface area (Å²) in [6.07, 6.45) is 3.19. The largest absolute Gasteiger partial charge is 0.303 e. The summed E-state index contributed by atoms with van der Waals surface area (Å²) in [6, 6.07) is 7.77. The maximum Gasteiger partial charge on any atom is 0.124 e. The van der Waals surface area contributed by atoms with Crippen molar-refractivity contribution in [2.45, 2.75) is 6.42 Å². The van der Waals surface area contributed by atoms with E-state index < -0.39 is 0 Å². The van der Waals surface area contributed by atoms with Gasteiger partial charge in [0.2, 0.25) is 0 Å². The smallest absolute Gasteiger partial charge is 0.124 e. The Labute approximate surface area is 67.8 Å². The van der Waals surface area contributed by atoms with Crippen molar-refractivity contribution in [3.8, 4) is 0 Å². The lowest BCUT2D eigenvalue weighted by Gasteiger charge is -1.94. The van der Waals surface area contributed by atoms with E-state index >= 15 is 0 Å². The molecule has 0 unspecified atom stereocenters. The van der Waals surface area contributed by atoms with Crippen LogP contribution in [0.15, 0.2) is 30.8 Å². The van der Waals surface area contributed by atoms with Crippen molar-refractivity contribution in [2.75, 3.05) is 0 Å². The zero-order valence-corrected chi connectivity index (χ0v) is 6.29. The number of hydrogen-bond donors (Lipinski definition) is 0. The molecule has 1 aromatic carbocycles. The van der Waals surface area contributed by atoms with Gasteiger partial charge in [0, 0.05) is 7.85 Å². The Morgan fingerprint density at radius 2 is 2.00 bits per heavy atom. The highest BCUT2D eigenvalue weighted by Gasteiger charge is 1.89. The van der Waals surface area contributed by atoms with Crippen LogP contribution in [0.2, 0.25) is 0 Å². The van der Waals surface area contributed by atoms with Crippen LogP contribution in [0.3, 0.4) is 0 Å². The molecular weight excluding hydrogens is 136 g/mol. The summed E-state index contributed by atoms with van der Waals surface area (Å²) < 4.78 is 0. The molecular formula is C10H12O. The Kier molecular flexibility index (Phi) is 2.61. The zero-order chi connectivity index (χ0) is 8.10.